The van der Waals surface area contributed by atoms with Crippen molar-refractivity contribution in [3.8, 4) is 16.9 Å². The maximum Gasteiger partial charge on any atom is 0.236 e. The summed E-state index contributed by atoms with van der Waals surface area (Å²) in [6.45, 7) is 2.02. The maximum atomic E-state index is 13.0. The Morgan fingerprint density at radius 1 is 1.17 bits per heavy atom. The zero-order valence-electron chi connectivity index (χ0n) is 15.4. The molecule has 4 aromatic rings. The monoisotopic (exact) mass is 425 g/mol. The normalized spacial score (nSPS) is 10.8. The number of hydrogen-bond acceptors (Lipinski definition) is 6. The minimum Gasteiger partial charge on any atom is -0.301 e. The molecule has 0 bridgehead atoms. The quantitative estimate of drug-likeness (QED) is 0.458. The van der Waals surface area contributed by atoms with Crippen molar-refractivity contribution < 1.29 is 9.18 Å². The first-order valence-electron chi connectivity index (χ1n) is 8.70. The highest BCUT2D eigenvalue weighted by atomic mass is 32.2. The first kappa shape index (κ1) is 19.3. The molecule has 0 radical (unpaired) electrons. The van der Waals surface area contributed by atoms with Gasteiger partial charge < -0.3 is 5.32 Å². The van der Waals surface area contributed by atoms with Crippen LogP contribution in [0.3, 0.4) is 0 Å². The molecular formula is C20H16FN5OS2. The van der Waals surface area contributed by atoms with Gasteiger partial charge in [0.15, 0.2) is 10.3 Å². The number of nitrogens with one attached hydrogen (secondary N) is 1. The minimum atomic E-state index is -0.298. The van der Waals surface area contributed by atoms with Gasteiger partial charge in [-0.1, -0.05) is 29.5 Å². The number of thiazole rings is 1. The van der Waals surface area contributed by atoms with Gasteiger partial charge >= 0.3 is 0 Å². The third-order valence-corrected chi connectivity index (χ3v) is 5.75. The molecule has 2 aromatic carbocycles. The average Bonchev–Trinajstić information content (AvgIpc) is 3.37. The predicted molar refractivity (Wildman–Crippen MR) is 113 cm³/mol. The first-order chi connectivity index (χ1) is 14.1. The molecule has 0 saturated carbocycles. The number of nitrogens with zero attached hydrogens (tertiary/aromatic N) is 4. The lowest BCUT2D eigenvalue weighted by Crippen LogP contribution is -2.14. The number of benzene rings is 2. The van der Waals surface area contributed by atoms with Gasteiger partial charge in [0, 0.05) is 16.6 Å². The van der Waals surface area contributed by atoms with Gasteiger partial charge in [-0.15, -0.1) is 21.5 Å². The van der Waals surface area contributed by atoms with E-state index < -0.39 is 0 Å². The summed E-state index contributed by atoms with van der Waals surface area (Å²) >= 11 is 2.62. The SMILES string of the molecule is Cc1ccc(-n2cnnc2SCC(=O)Nc2nc(-c3ccc(F)cc3)cs2)cc1. The third-order valence-electron chi connectivity index (χ3n) is 4.05. The largest absolute Gasteiger partial charge is 0.301 e. The Morgan fingerprint density at radius 2 is 1.93 bits per heavy atom. The van der Waals surface area contributed by atoms with Gasteiger partial charge in [-0.25, -0.2) is 9.37 Å². The van der Waals surface area contributed by atoms with Crippen LogP contribution in [0.5, 0.6) is 0 Å². The number of amides is 1. The van der Waals surface area contributed by atoms with Crippen molar-refractivity contribution >= 4 is 34.1 Å². The van der Waals surface area contributed by atoms with Crippen LogP contribution in [-0.2, 0) is 4.79 Å². The molecule has 2 aromatic heterocycles. The van der Waals surface area contributed by atoms with E-state index in [9.17, 15) is 9.18 Å². The Bertz CT molecular complexity index is 1120. The lowest BCUT2D eigenvalue weighted by Gasteiger charge is -2.06. The fourth-order valence-corrected chi connectivity index (χ4v) is 4.04. The second kappa shape index (κ2) is 8.54. The topological polar surface area (TPSA) is 72.7 Å². The summed E-state index contributed by atoms with van der Waals surface area (Å²) < 4.78 is 14.9. The van der Waals surface area contributed by atoms with Crippen molar-refractivity contribution in [1.29, 1.82) is 0 Å². The number of thioether (sulfide) groups is 1. The molecule has 0 aliphatic heterocycles. The van der Waals surface area contributed by atoms with Crippen LogP contribution in [0.2, 0.25) is 0 Å². The summed E-state index contributed by atoms with van der Waals surface area (Å²) in [5.74, 6) is -0.308. The third kappa shape index (κ3) is 4.69. The van der Waals surface area contributed by atoms with Gasteiger partial charge in [0.05, 0.1) is 11.4 Å². The van der Waals surface area contributed by atoms with E-state index in [-0.39, 0.29) is 17.5 Å². The Balaban J connectivity index is 1.37. The molecule has 0 aliphatic carbocycles. The van der Waals surface area contributed by atoms with E-state index in [1.165, 1.54) is 40.8 Å². The Labute approximate surface area is 174 Å². The van der Waals surface area contributed by atoms with Crippen molar-refractivity contribution in [2.45, 2.75) is 12.1 Å². The van der Waals surface area contributed by atoms with Gasteiger partial charge in [0.1, 0.15) is 12.1 Å². The second-order valence-electron chi connectivity index (χ2n) is 6.20. The van der Waals surface area contributed by atoms with Crippen LogP contribution in [0.25, 0.3) is 16.9 Å². The number of rotatable bonds is 6. The number of carbonyl (C=O) groups is 1. The minimum absolute atomic E-state index is 0.177. The van der Waals surface area contributed by atoms with Gasteiger partial charge in [-0.2, -0.15) is 0 Å². The van der Waals surface area contributed by atoms with Crippen molar-refractivity contribution in [3.63, 3.8) is 0 Å². The number of halogens is 1. The molecule has 0 atom stereocenters. The summed E-state index contributed by atoms with van der Waals surface area (Å²) in [7, 11) is 0. The van der Waals surface area contributed by atoms with E-state index in [1.54, 1.807) is 18.5 Å². The fourth-order valence-electron chi connectivity index (χ4n) is 2.58. The molecule has 146 valence electrons. The van der Waals surface area contributed by atoms with Crippen LogP contribution in [-0.4, -0.2) is 31.4 Å². The smallest absolute Gasteiger partial charge is 0.236 e. The first-order valence-corrected chi connectivity index (χ1v) is 10.6. The number of carbonyl (C=O) groups excluding carboxylic acids is 1. The number of hydrogen-bond donors (Lipinski definition) is 1. The molecule has 29 heavy (non-hydrogen) atoms. The Hall–Kier alpha value is -3.04. The summed E-state index contributed by atoms with van der Waals surface area (Å²) in [4.78, 5) is 16.7. The Morgan fingerprint density at radius 3 is 2.69 bits per heavy atom. The van der Waals surface area contributed by atoms with Crippen LogP contribution >= 0.6 is 23.1 Å². The molecule has 1 N–H and O–H groups in total. The summed E-state index contributed by atoms with van der Waals surface area (Å²) in [5.41, 5.74) is 3.59. The molecule has 0 aliphatic rings. The molecule has 0 unspecified atom stereocenters. The number of aryl methyl sites for hydroxylation is 1. The van der Waals surface area contributed by atoms with Crippen LogP contribution in [0.4, 0.5) is 9.52 Å². The van der Waals surface area contributed by atoms with Gasteiger partial charge in [-0.05, 0) is 43.3 Å². The standard InChI is InChI=1S/C20H16FN5OS2/c1-13-2-8-16(9-3-13)26-12-22-25-20(26)29-11-18(27)24-19-23-17(10-28-19)14-4-6-15(21)7-5-14/h2-10,12H,11H2,1H3,(H,23,24,27). The highest BCUT2D eigenvalue weighted by molar-refractivity contribution is 7.99. The number of aromatic nitrogens is 4. The van der Waals surface area contributed by atoms with Crippen LogP contribution in [0.1, 0.15) is 5.56 Å². The van der Waals surface area contributed by atoms with E-state index in [1.807, 2.05) is 41.1 Å². The van der Waals surface area contributed by atoms with E-state index in [0.717, 1.165) is 11.3 Å². The molecular weight excluding hydrogens is 409 g/mol. The van der Waals surface area contributed by atoms with Crippen LogP contribution in [0.15, 0.2) is 65.4 Å². The van der Waals surface area contributed by atoms with Crippen molar-refractivity contribution in [2.75, 3.05) is 11.1 Å². The van der Waals surface area contributed by atoms with Gasteiger partial charge in [-0.3, -0.25) is 9.36 Å². The van der Waals surface area contributed by atoms with Crippen molar-refractivity contribution in [2.24, 2.45) is 0 Å². The molecule has 0 fully saturated rings. The highest BCUT2D eigenvalue weighted by Gasteiger charge is 2.12. The molecule has 1 amide bonds. The molecule has 0 saturated heterocycles. The molecule has 0 spiro atoms. The van der Waals surface area contributed by atoms with E-state index in [4.69, 9.17) is 0 Å². The molecule has 6 nitrogen and oxygen atoms in total. The van der Waals surface area contributed by atoms with Gasteiger partial charge in [0.2, 0.25) is 5.91 Å². The summed E-state index contributed by atoms with van der Waals surface area (Å²) in [6, 6.07) is 14.1. The molecule has 9 heteroatoms. The fraction of sp³-hybridized carbons (Fsp3) is 0.100. The average molecular weight is 426 g/mol. The lowest BCUT2D eigenvalue weighted by atomic mass is 10.2. The molecule has 4 rings (SSSR count). The van der Waals surface area contributed by atoms with E-state index in [2.05, 4.69) is 20.5 Å². The van der Waals surface area contributed by atoms with Crippen molar-refractivity contribution in [3.05, 3.63) is 71.6 Å². The lowest BCUT2D eigenvalue weighted by molar-refractivity contribution is -0.113. The van der Waals surface area contributed by atoms with Gasteiger partial charge in [0.25, 0.3) is 0 Å². The van der Waals surface area contributed by atoms with E-state index >= 15 is 0 Å². The van der Waals surface area contributed by atoms with Crippen LogP contribution in [0, 0.1) is 12.7 Å². The van der Waals surface area contributed by atoms with Crippen LogP contribution < -0.4 is 5.32 Å². The van der Waals surface area contributed by atoms with Crippen molar-refractivity contribution in [1.82, 2.24) is 19.7 Å². The zero-order chi connectivity index (χ0) is 20.2. The number of anilines is 1. The second-order valence-corrected chi connectivity index (χ2v) is 8.00. The summed E-state index contributed by atoms with van der Waals surface area (Å²) in [6.07, 6.45) is 1.63. The molecule has 2 heterocycles. The highest BCUT2D eigenvalue weighted by Crippen LogP contribution is 2.26. The maximum absolute atomic E-state index is 13.0. The predicted octanol–water partition coefficient (Wildman–Crippen LogP) is 4.57. The van der Waals surface area contributed by atoms with E-state index in [0.29, 0.717) is 16.0 Å². The zero-order valence-corrected chi connectivity index (χ0v) is 17.0. The Kier molecular flexibility index (Phi) is 5.68. The summed E-state index contributed by atoms with van der Waals surface area (Å²) in [5, 5.41) is 13.8.